The molecule has 0 bridgehead atoms. The minimum absolute atomic E-state index is 0.0125. The fraction of sp³-hybridized carbons (Fsp3) is 0.400. The molecule has 1 aromatic rings. The van der Waals surface area contributed by atoms with Gasteiger partial charge in [0.1, 0.15) is 5.69 Å². The van der Waals surface area contributed by atoms with Crippen molar-refractivity contribution in [3.8, 4) is 0 Å². The van der Waals surface area contributed by atoms with Crippen LogP contribution < -0.4 is 0 Å². The first-order valence-electron chi connectivity index (χ1n) is 4.56. The normalized spacial score (nSPS) is 10.3. The summed E-state index contributed by atoms with van der Waals surface area (Å²) in [6, 6.07) is 0. The summed E-state index contributed by atoms with van der Waals surface area (Å²) in [6.07, 6.45) is 0.370. The number of H-pyrrole nitrogens is 1. The molecule has 5 heteroatoms. The first kappa shape index (κ1) is 11.3. The smallest absolute Gasteiger partial charge is 0.352 e. The van der Waals surface area contributed by atoms with Crippen molar-refractivity contribution in [2.75, 3.05) is 0 Å². The van der Waals surface area contributed by atoms with Crippen molar-refractivity contribution in [3.63, 3.8) is 0 Å². The second kappa shape index (κ2) is 4.16. The lowest BCUT2D eigenvalue weighted by Crippen LogP contribution is -2.00. The molecule has 0 aromatic carbocycles. The Labute approximate surface area is 86.7 Å². The highest BCUT2D eigenvalue weighted by Gasteiger charge is 2.16. The number of hydrogen-bond donors (Lipinski definition) is 3. The monoisotopic (exact) mass is 211 g/mol. The third-order valence-corrected chi connectivity index (χ3v) is 2.40. The first-order valence-corrected chi connectivity index (χ1v) is 4.56. The second-order valence-corrected chi connectivity index (χ2v) is 3.43. The summed E-state index contributed by atoms with van der Waals surface area (Å²) in [7, 11) is 0. The molecular weight excluding hydrogens is 198 g/mol. The summed E-state index contributed by atoms with van der Waals surface area (Å²) in [5.74, 6) is -1.90. The predicted octanol–water partition coefficient (Wildman–Crippen LogP) is 1.35. The summed E-state index contributed by atoms with van der Waals surface area (Å²) in [5.41, 5.74) is 2.29. The number of carbonyl (C=O) groups is 2. The topological polar surface area (TPSA) is 90.4 Å². The third kappa shape index (κ3) is 2.37. The molecule has 0 atom stereocenters. The van der Waals surface area contributed by atoms with Crippen LogP contribution in [0.2, 0.25) is 0 Å². The maximum atomic E-state index is 10.8. The van der Waals surface area contributed by atoms with E-state index in [0.29, 0.717) is 12.0 Å². The Morgan fingerprint density at radius 3 is 2.27 bits per heavy atom. The van der Waals surface area contributed by atoms with Crippen molar-refractivity contribution in [1.82, 2.24) is 4.98 Å². The molecule has 0 aliphatic carbocycles. The molecule has 1 rings (SSSR count). The molecule has 0 saturated heterocycles. The van der Waals surface area contributed by atoms with Crippen LogP contribution in [0.4, 0.5) is 0 Å². The molecule has 0 aliphatic heterocycles. The van der Waals surface area contributed by atoms with Gasteiger partial charge in [-0.15, -0.1) is 0 Å². The molecule has 0 aliphatic rings. The molecule has 15 heavy (non-hydrogen) atoms. The van der Waals surface area contributed by atoms with Gasteiger partial charge in [0.2, 0.25) is 0 Å². The van der Waals surface area contributed by atoms with Crippen LogP contribution >= 0.6 is 0 Å². The number of aromatic carboxylic acids is 1. The average molecular weight is 211 g/mol. The molecule has 1 aromatic heterocycles. The van der Waals surface area contributed by atoms with Gasteiger partial charge in [-0.25, -0.2) is 4.79 Å². The number of aromatic nitrogens is 1. The van der Waals surface area contributed by atoms with E-state index in [1.807, 2.05) is 0 Å². The van der Waals surface area contributed by atoms with Crippen molar-refractivity contribution in [1.29, 1.82) is 0 Å². The molecule has 5 nitrogen and oxygen atoms in total. The summed E-state index contributed by atoms with van der Waals surface area (Å²) in [4.78, 5) is 23.9. The van der Waals surface area contributed by atoms with Gasteiger partial charge in [-0.1, -0.05) is 0 Å². The van der Waals surface area contributed by atoms with Gasteiger partial charge in [0.05, 0.1) is 0 Å². The SMILES string of the molecule is Cc1[nH]c(C(=O)O)c(C)c1CCC(=O)O. The van der Waals surface area contributed by atoms with Gasteiger partial charge >= 0.3 is 11.9 Å². The summed E-state index contributed by atoms with van der Waals surface area (Å²) >= 11 is 0. The molecule has 1 heterocycles. The van der Waals surface area contributed by atoms with E-state index < -0.39 is 11.9 Å². The standard InChI is InChI=1S/C10H13NO4/c1-5-7(3-4-8(12)13)6(2)11-9(5)10(14)15/h11H,3-4H2,1-2H3,(H,12,13)(H,14,15). The third-order valence-electron chi connectivity index (χ3n) is 2.40. The van der Waals surface area contributed by atoms with Crippen molar-refractivity contribution in [2.24, 2.45) is 0 Å². The second-order valence-electron chi connectivity index (χ2n) is 3.43. The minimum Gasteiger partial charge on any atom is -0.481 e. The van der Waals surface area contributed by atoms with Crippen molar-refractivity contribution >= 4 is 11.9 Å². The van der Waals surface area contributed by atoms with E-state index >= 15 is 0 Å². The Morgan fingerprint density at radius 1 is 1.27 bits per heavy atom. The molecule has 0 amide bonds. The quantitative estimate of drug-likeness (QED) is 0.701. The van der Waals surface area contributed by atoms with Crippen LogP contribution in [0.1, 0.15) is 33.7 Å². The highest BCUT2D eigenvalue weighted by molar-refractivity contribution is 5.88. The van der Waals surface area contributed by atoms with Crippen LogP contribution in [-0.2, 0) is 11.2 Å². The van der Waals surface area contributed by atoms with Crippen LogP contribution in [0.3, 0.4) is 0 Å². The number of carboxylic acids is 2. The van der Waals surface area contributed by atoms with Gasteiger partial charge in [0.15, 0.2) is 0 Å². The lowest BCUT2D eigenvalue weighted by molar-refractivity contribution is -0.136. The zero-order valence-corrected chi connectivity index (χ0v) is 8.63. The Balaban J connectivity index is 2.97. The van der Waals surface area contributed by atoms with Crippen LogP contribution in [0.25, 0.3) is 0 Å². The molecule has 0 unspecified atom stereocenters. The van der Waals surface area contributed by atoms with E-state index in [-0.39, 0.29) is 12.1 Å². The molecular formula is C10H13NO4. The zero-order valence-electron chi connectivity index (χ0n) is 8.63. The number of nitrogens with one attached hydrogen (secondary N) is 1. The van der Waals surface area contributed by atoms with E-state index in [2.05, 4.69) is 4.98 Å². The fourth-order valence-electron chi connectivity index (χ4n) is 1.61. The summed E-state index contributed by atoms with van der Waals surface area (Å²) in [6.45, 7) is 3.43. The predicted molar refractivity (Wildman–Crippen MR) is 53.2 cm³/mol. The first-order chi connectivity index (χ1) is 6.93. The van der Waals surface area contributed by atoms with Gasteiger partial charge in [-0.2, -0.15) is 0 Å². The van der Waals surface area contributed by atoms with Crippen LogP contribution in [0, 0.1) is 13.8 Å². The largest absolute Gasteiger partial charge is 0.481 e. The highest BCUT2D eigenvalue weighted by Crippen LogP contribution is 2.19. The van der Waals surface area contributed by atoms with Gasteiger partial charge in [-0.3, -0.25) is 4.79 Å². The van der Waals surface area contributed by atoms with Gasteiger partial charge < -0.3 is 15.2 Å². The molecule has 0 radical (unpaired) electrons. The fourth-order valence-corrected chi connectivity index (χ4v) is 1.61. The van der Waals surface area contributed by atoms with E-state index in [0.717, 1.165) is 11.3 Å². The number of hydrogen-bond acceptors (Lipinski definition) is 2. The van der Waals surface area contributed by atoms with E-state index in [9.17, 15) is 9.59 Å². The van der Waals surface area contributed by atoms with Gasteiger partial charge in [0.25, 0.3) is 0 Å². The zero-order chi connectivity index (χ0) is 11.6. The number of carboxylic acid groups (broad SMARTS) is 2. The van der Waals surface area contributed by atoms with Crippen LogP contribution in [0.15, 0.2) is 0 Å². The number of rotatable bonds is 4. The Hall–Kier alpha value is -1.78. The van der Waals surface area contributed by atoms with Gasteiger partial charge in [0, 0.05) is 12.1 Å². The summed E-state index contributed by atoms with van der Waals surface area (Å²) in [5, 5.41) is 17.4. The number of aryl methyl sites for hydroxylation is 1. The van der Waals surface area contributed by atoms with Crippen molar-refractivity contribution < 1.29 is 19.8 Å². The van der Waals surface area contributed by atoms with Crippen LogP contribution in [0.5, 0.6) is 0 Å². The lowest BCUT2D eigenvalue weighted by Gasteiger charge is -1.99. The molecule has 0 fully saturated rings. The van der Waals surface area contributed by atoms with Gasteiger partial charge in [-0.05, 0) is 31.4 Å². The Bertz CT molecular complexity index is 406. The van der Waals surface area contributed by atoms with E-state index in [4.69, 9.17) is 10.2 Å². The Kier molecular flexibility index (Phi) is 3.14. The van der Waals surface area contributed by atoms with Crippen molar-refractivity contribution in [2.45, 2.75) is 26.7 Å². The van der Waals surface area contributed by atoms with Crippen molar-refractivity contribution in [3.05, 3.63) is 22.5 Å². The number of aliphatic carboxylic acids is 1. The molecule has 3 N–H and O–H groups in total. The summed E-state index contributed by atoms with van der Waals surface area (Å²) < 4.78 is 0. The number of aromatic amines is 1. The maximum Gasteiger partial charge on any atom is 0.352 e. The lowest BCUT2D eigenvalue weighted by atomic mass is 10.1. The van der Waals surface area contributed by atoms with Crippen LogP contribution in [-0.4, -0.2) is 27.1 Å². The molecule has 82 valence electrons. The maximum absolute atomic E-state index is 10.8. The van der Waals surface area contributed by atoms with E-state index in [1.165, 1.54) is 0 Å². The highest BCUT2D eigenvalue weighted by atomic mass is 16.4. The Morgan fingerprint density at radius 2 is 1.87 bits per heavy atom. The minimum atomic E-state index is -1.02. The molecule has 0 saturated carbocycles. The average Bonchev–Trinajstić information content (AvgIpc) is 2.39. The molecule has 0 spiro atoms. The van der Waals surface area contributed by atoms with E-state index in [1.54, 1.807) is 13.8 Å².